The van der Waals surface area contributed by atoms with Crippen molar-refractivity contribution in [1.29, 1.82) is 0 Å². The Kier molecular flexibility index (Phi) is 5.32. The highest BCUT2D eigenvalue weighted by Gasteiger charge is 2.35. The molecular formula is C21H19N7O4. The first-order valence-electron chi connectivity index (χ1n) is 10.00. The number of hydrogen-bond donors (Lipinski definition) is 1. The van der Waals surface area contributed by atoms with Gasteiger partial charge in [0.25, 0.3) is 5.95 Å². The number of aliphatic imine (C=N–C) groups is 1. The van der Waals surface area contributed by atoms with E-state index in [0.717, 1.165) is 13.1 Å². The van der Waals surface area contributed by atoms with Crippen LogP contribution in [0.1, 0.15) is 11.3 Å². The van der Waals surface area contributed by atoms with Crippen molar-refractivity contribution in [1.82, 2.24) is 25.4 Å². The molecule has 2 aliphatic heterocycles. The minimum absolute atomic E-state index is 0.223. The van der Waals surface area contributed by atoms with Gasteiger partial charge in [-0.15, -0.1) is 0 Å². The second-order valence-electron chi connectivity index (χ2n) is 6.97. The summed E-state index contributed by atoms with van der Waals surface area (Å²) in [4.78, 5) is 38.1. The first-order chi connectivity index (χ1) is 15.7. The second-order valence-corrected chi connectivity index (χ2v) is 6.97. The van der Waals surface area contributed by atoms with E-state index in [0.29, 0.717) is 30.4 Å². The smallest absolute Gasteiger partial charge is 0.345 e. The van der Waals surface area contributed by atoms with E-state index < -0.39 is 5.63 Å². The minimum Gasteiger partial charge on any atom is -0.462 e. The number of aromatic nitrogens is 2. The summed E-state index contributed by atoms with van der Waals surface area (Å²) < 4.78 is 10.8. The van der Waals surface area contributed by atoms with Gasteiger partial charge in [-0.05, 0) is 18.2 Å². The molecule has 0 atom stereocenters. The molecule has 11 nitrogen and oxygen atoms in total. The normalized spacial score (nSPS) is 17.1. The summed E-state index contributed by atoms with van der Waals surface area (Å²) in [6, 6.07) is 7.63. The maximum Gasteiger partial charge on any atom is 0.345 e. The summed E-state index contributed by atoms with van der Waals surface area (Å²) in [6.07, 6.45) is 7.39. The van der Waals surface area contributed by atoms with Gasteiger partial charge in [-0.1, -0.05) is 0 Å². The lowest BCUT2D eigenvalue weighted by molar-refractivity contribution is 0.0232. The summed E-state index contributed by atoms with van der Waals surface area (Å²) in [7, 11) is 0. The Morgan fingerprint density at radius 2 is 1.78 bits per heavy atom. The third-order valence-electron chi connectivity index (χ3n) is 4.97. The molecule has 0 radical (unpaired) electrons. The van der Waals surface area contributed by atoms with Crippen molar-refractivity contribution in [3.8, 4) is 0 Å². The Morgan fingerprint density at radius 3 is 2.53 bits per heavy atom. The zero-order chi connectivity index (χ0) is 21.9. The molecule has 11 heteroatoms. The maximum atomic E-state index is 12.8. The number of nitrogens with one attached hydrogen (secondary N) is 1. The van der Waals surface area contributed by atoms with Gasteiger partial charge < -0.3 is 14.2 Å². The van der Waals surface area contributed by atoms with Crippen molar-refractivity contribution in [3.63, 3.8) is 0 Å². The molecule has 0 amide bonds. The van der Waals surface area contributed by atoms with E-state index in [-0.39, 0.29) is 16.8 Å². The van der Waals surface area contributed by atoms with Gasteiger partial charge in [-0.25, -0.2) is 24.9 Å². The molecule has 1 fully saturated rings. The first kappa shape index (κ1) is 19.8. The lowest BCUT2D eigenvalue weighted by Gasteiger charge is -2.45. The number of anilines is 1. The average molecular weight is 433 g/mol. The number of nitrogens with zero attached hydrogens (tertiary/aromatic N) is 6. The van der Waals surface area contributed by atoms with E-state index in [4.69, 9.17) is 8.83 Å². The highest BCUT2D eigenvalue weighted by atomic mass is 16.4. The molecule has 162 valence electrons. The van der Waals surface area contributed by atoms with Gasteiger partial charge in [0.15, 0.2) is 11.2 Å². The molecule has 1 saturated heterocycles. The van der Waals surface area contributed by atoms with Crippen molar-refractivity contribution < 1.29 is 8.83 Å². The standard InChI is InChI=1S/C21H19N7O4/c29-15-4-12-31-17(13-15)18-19(16-3-1-11-32-20(16)30)28(26-9-7-22-8-10-26)27(14-25-18)21-23-5-2-6-24-21/h1-6,11-14,22H,7-10H2. The van der Waals surface area contributed by atoms with Crippen LogP contribution in [0.3, 0.4) is 0 Å². The van der Waals surface area contributed by atoms with Crippen LogP contribution < -0.4 is 21.4 Å². The van der Waals surface area contributed by atoms with Gasteiger partial charge in [0.05, 0.1) is 18.1 Å². The second kappa shape index (κ2) is 8.57. The zero-order valence-electron chi connectivity index (χ0n) is 16.9. The average Bonchev–Trinajstić information content (AvgIpc) is 2.85. The van der Waals surface area contributed by atoms with Crippen LogP contribution >= 0.6 is 0 Å². The molecule has 0 bridgehead atoms. The topological polar surface area (TPSA) is 120 Å². The molecule has 0 saturated carbocycles. The van der Waals surface area contributed by atoms with Gasteiger partial charge in [-0.3, -0.25) is 4.79 Å². The number of hydrogen-bond acceptors (Lipinski definition) is 11. The van der Waals surface area contributed by atoms with Crippen LogP contribution in [0.2, 0.25) is 0 Å². The molecule has 3 aromatic rings. The summed E-state index contributed by atoms with van der Waals surface area (Å²) in [5, 5.41) is 8.80. The largest absolute Gasteiger partial charge is 0.462 e. The molecule has 32 heavy (non-hydrogen) atoms. The van der Waals surface area contributed by atoms with E-state index in [1.807, 2.05) is 5.01 Å². The van der Waals surface area contributed by atoms with E-state index >= 15 is 0 Å². The third-order valence-corrected chi connectivity index (χ3v) is 4.97. The van der Waals surface area contributed by atoms with Crippen LogP contribution in [0.25, 0.3) is 11.4 Å². The molecule has 1 N–H and O–H groups in total. The molecule has 3 aromatic heterocycles. The van der Waals surface area contributed by atoms with Gasteiger partial charge in [-0.2, -0.15) is 10.0 Å². The van der Waals surface area contributed by atoms with Crippen LogP contribution in [0.15, 0.2) is 78.7 Å². The Labute approximate surface area is 181 Å². The van der Waals surface area contributed by atoms with Gasteiger partial charge in [0.1, 0.15) is 17.7 Å². The lowest BCUT2D eigenvalue weighted by Crippen LogP contribution is -2.59. The van der Waals surface area contributed by atoms with Gasteiger partial charge in [0, 0.05) is 50.7 Å². The van der Waals surface area contributed by atoms with Gasteiger partial charge >= 0.3 is 5.63 Å². The fourth-order valence-electron chi connectivity index (χ4n) is 3.56. The summed E-state index contributed by atoms with van der Waals surface area (Å²) in [6.45, 7) is 2.77. The molecule has 0 aromatic carbocycles. The minimum atomic E-state index is -0.551. The summed E-state index contributed by atoms with van der Waals surface area (Å²) in [5.74, 6) is 0.585. The Morgan fingerprint density at radius 1 is 0.969 bits per heavy atom. The Balaban J connectivity index is 1.77. The molecule has 0 aliphatic carbocycles. The highest BCUT2D eigenvalue weighted by molar-refractivity contribution is 5.97. The predicted molar refractivity (Wildman–Crippen MR) is 116 cm³/mol. The van der Waals surface area contributed by atoms with Crippen molar-refractivity contribution in [2.75, 3.05) is 31.2 Å². The molecule has 2 aliphatic rings. The highest BCUT2D eigenvalue weighted by Crippen LogP contribution is 2.34. The summed E-state index contributed by atoms with van der Waals surface area (Å²) >= 11 is 0. The monoisotopic (exact) mass is 433 g/mol. The van der Waals surface area contributed by atoms with Crippen molar-refractivity contribution in [3.05, 3.63) is 87.2 Å². The Bertz CT molecular complexity index is 1280. The predicted octanol–water partition coefficient (Wildman–Crippen LogP) is 0.794. The van der Waals surface area contributed by atoms with Crippen molar-refractivity contribution >= 4 is 23.7 Å². The van der Waals surface area contributed by atoms with Crippen molar-refractivity contribution in [2.24, 2.45) is 4.99 Å². The Hall–Kier alpha value is -4.09. The van der Waals surface area contributed by atoms with Gasteiger partial charge in [0.2, 0.25) is 0 Å². The fourth-order valence-corrected chi connectivity index (χ4v) is 3.56. The van der Waals surface area contributed by atoms with Crippen molar-refractivity contribution in [2.45, 2.75) is 0 Å². The third kappa shape index (κ3) is 3.70. The number of hydrazine groups is 2. The maximum absolute atomic E-state index is 12.8. The van der Waals surface area contributed by atoms with E-state index in [1.165, 1.54) is 31.0 Å². The summed E-state index contributed by atoms with van der Waals surface area (Å²) in [5.41, 5.74) is 0.170. The fraction of sp³-hybridized carbons (Fsp3) is 0.190. The van der Waals surface area contributed by atoms with E-state index in [1.54, 1.807) is 40.7 Å². The first-order valence-corrected chi connectivity index (χ1v) is 10.00. The SMILES string of the molecule is O=c1ccoc(C2=C(c3cccoc3=O)N(N3CCNCC3)N(c3ncccn3)C=N2)c1. The zero-order valence-corrected chi connectivity index (χ0v) is 16.9. The lowest BCUT2D eigenvalue weighted by atomic mass is 10.1. The van der Waals surface area contributed by atoms with E-state index in [2.05, 4.69) is 20.3 Å². The molecular weight excluding hydrogens is 414 g/mol. The molecule has 5 heterocycles. The van der Waals surface area contributed by atoms with Crippen LogP contribution in [0.4, 0.5) is 5.95 Å². The number of rotatable bonds is 4. The van der Waals surface area contributed by atoms with Crippen LogP contribution in [-0.2, 0) is 0 Å². The number of piperazine rings is 1. The molecule has 0 unspecified atom stereocenters. The van der Waals surface area contributed by atoms with Crippen LogP contribution in [-0.4, -0.2) is 52.6 Å². The van der Waals surface area contributed by atoms with Crippen LogP contribution in [0, 0.1) is 0 Å². The van der Waals surface area contributed by atoms with Crippen LogP contribution in [0.5, 0.6) is 0 Å². The molecule has 5 rings (SSSR count). The quantitative estimate of drug-likeness (QED) is 0.632. The van der Waals surface area contributed by atoms with E-state index in [9.17, 15) is 9.59 Å². The molecule has 0 spiro atoms.